The average Bonchev–Trinajstić information content (AvgIpc) is 2.91. The lowest BCUT2D eigenvalue weighted by Gasteiger charge is -2.16. The smallest absolute Gasteiger partial charge is 0.223 e. The number of nitrogens with zero attached hydrogens (tertiary/aromatic N) is 2. The van der Waals surface area contributed by atoms with Crippen LogP contribution in [0, 0.1) is 0 Å². The lowest BCUT2D eigenvalue weighted by Crippen LogP contribution is -2.21. The average molecular weight is 518 g/mol. The van der Waals surface area contributed by atoms with Crippen LogP contribution in [0.5, 0.6) is 17.2 Å². The van der Waals surface area contributed by atoms with Crippen molar-refractivity contribution in [2.24, 2.45) is 0 Å². The number of aromatic nitrogens is 2. The molecule has 3 aromatic rings. The molecule has 0 fully saturated rings. The largest absolute Gasteiger partial charge is 0.493 e. The summed E-state index contributed by atoms with van der Waals surface area (Å²) in [4.78, 5) is 45.3. The first kappa shape index (κ1) is 26.5. The van der Waals surface area contributed by atoms with Gasteiger partial charge < -0.3 is 29.1 Å². The zero-order chi connectivity index (χ0) is 27.1. The molecule has 1 heterocycles. The number of carbonyl (C=O) groups is 3. The normalized spacial score (nSPS) is 13.1. The van der Waals surface area contributed by atoms with Crippen LogP contribution in [0.3, 0.4) is 0 Å². The van der Waals surface area contributed by atoms with E-state index in [1.807, 2.05) is 12.1 Å². The second kappa shape index (κ2) is 12.1. The first-order chi connectivity index (χ1) is 18.4. The van der Waals surface area contributed by atoms with E-state index in [1.54, 1.807) is 38.3 Å². The molecular formula is C28H27N3O7. The van der Waals surface area contributed by atoms with Gasteiger partial charge in [-0.3, -0.25) is 9.59 Å². The Morgan fingerprint density at radius 2 is 1.74 bits per heavy atom. The van der Waals surface area contributed by atoms with Gasteiger partial charge in [0.2, 0.25) is 11.6 Å². The van der Waals surface area contributed by atoms with Crippen molar-refractivity contribution in [1.82, 2.24) is 9.97 Å². The number of aryl methyl sites for hydroxylation is 1. The molecule has 1 aliphatic carbocycles. The van der Waals surface area contributed by atoms with Crippen molar-refractivity contribution in [2.45, 2.75) is 19.8 Å². The van der Waals surface area contributed by atoms with Crippen molar-refractivity contribution in [3.8, 4) is 17.2 Å². The lowest BCUT2D eigenvalue weighted by atomic mass is 10.1. The Morgan fingerprint density at radius 1 is 0.947 bits per heavy atom. The molecule has 0 saturated heterocycles. The van der Waals surface area contributed by atoms with Crippen LogP contribution in [0.25, 0.3) is 10.9 Å². The zero-order valence-corrected chi connectivity index (χ0v) is 21.3. The molecular weight excluding hydrogens is 490 g/mol. The molecule has 2 aromatic carbocycles. The number of fused-ring (bicyclic) bond motifs is 1. The lowest BCUT2D eigenvalue weighted by molar-refractivity contribution is -0.117. The zero-order valence-electron chi connectivity index (χ0n) is 21.3. The van der Waals surface area contributed by atoms with Crippen LogP contribution in [-0.4, -0.2) is 54.8 Å². The van der Waals surface area contributed by atoms with Gasteiger partial charge in [0, 0.05) is 37.1 Å². The number of hydrogen-bond acceptors (Lipinski definition) is 10. The number of benzene rings is 2. The molecule has 0 unspecified atom stereocenters. The molecule has 1 aromatic heterocycles. The highest BCUT2D eigenvalue weighted by Gasteiger charge is 2.23. The number of anilines is 1. The number of ether oxygens (including phenoxy) is 4. The summed E-state index contributed by atoms with van der Waals surface area (Å²) in [5.74, 6) is 0.770. The Labute approximate surface area is 219 Å². The molecule has 0 spiro atoms. The van der Waals surface area contributed by atoms with Crippen molar-refractivity contribution < 1.29 is 33.3 Å². The summed E-state index contributed by atoms with van der Waals surface area (Å²) >= 11 is 0. The van der Waals surface area contributed by atoms with Gasteiger partial charge in [-0.2, -0.15) is 0 Å². The number of allylic oxidation sites excluding steroid dienone is 2. The Morgan fingerprint density at radius 3 is 2.45 bits per heavy atom. The number of rotatable bonds is 12. The fraction of sp³-hybridized carbons (Fsp3) is 0.250. The maximum atomic E-state index is 12.8. The Hall–Kier alpha value is -4.57. The molecule has 0 bridgehead atoms. The van der Waals surface area contributed by atoms with Gasteiger partial charge in [0.1, 0.15) is 30.3 Å². The van der Waals surface area contributed by atoms with E-state index in [-0.39, 0.29) is 17.2 Å². The Bertz CT molecular complexity index is 1430. The van der Waals surface area contributed by atoms with E-state index in [2.05, 4.69) is 15.3 Å². The molecule has 0 aliphatic heterocycles. The topological polar surface area (TPSA) is 126 Å². The number of methoxy groups -OCH3 is 2. The maximum Gasteiger partial charge on any atom is 0.223 e. The second-order valence-corrected chi connectivity index (χ2v) is 8.45. The van der Waals surface area contributed by atoms with Gasteiger partial charge in [-0.25, -0.2) is 9.97 Å². The summed E-state index contributed by atoms with van der Waals surface area (Å²) in [7, 11) is 3.10. The van der Waals surface area contributed by atoms with Crippen molar-refractivity contribution >= 4 is 34.1 Å². The molecule has 0 atom stereocenters. The second-order valence-electron chi connectivity index (χ2n) is 8.45. The summed E-state index contributed by atoms with van der Waals surface area (Å²) in [5, 5.41) is 3.51. The maximum absolute atomic E-state index is 12.8. The van der Waals surface area contributed by atoms with Gasteiger partial charge in [0.05, 0.1) is 24.9 Å². The van der Waals surface area contributed by atoms with Gasteiger partial charge in [-0.15, -0.1) is 0 Å². The third kappa shape index (κ3) is 6.40. The Kier molecular flexibility index (Phi) is 8.44. The van der Waals surface area contributed by atoms with Crippen molar-refractivity contribution in [3.05, 3.63) is 71.9 Å². The monoisotopic (exact) mass is 517 g/mol. The fourth-order valence-electron chi connectivity index (χ4n) is 3.69. The van der Waals surface area contributed by atoms with Gasteiger partial charge in [-0.1, -0.05) is 12.1 Å². The van der Waals surface area contributed by atoms with Crippen LogP contribution < -0.4 is 19.5 Å². The third-order valence-corrected chi connectivity index (χ3v) is 5.68. The minimum absolute atomic E-state index is 0.0429. The summed E-state index contributed by atoms with van der Waals surface area (Å²) in [6.07, 6.45) is 4.73. The third-order valence-electron chi connectivity index (χ3n) is 5.68. The minimum Gasteiger partial charge on any atom is -0.493 e. The number of carbonyl (C=O) groups excluding carboxylic acids is 3. The fourth-order valence-corrected chi connectivity index (χ4v) is 3.69. The first-order valence-electron chi connectivity index (χ1n) is 11.9. The van der Waals surface area contributed by atoms with Crippen LogP contribution >= 0.6 is 0 Å². The number of nitrogens with one attached hydrogen (secondary N) is 1. The molecule has 196 valence electrons. The molecule has 1 aliphatic rings. The van der Waals surface area contributed by atoms with Gasteiger partial charge in [-0.05, 0) is 37.1 Å². The van der Waals surface area contributed by atoms with Gasteiger partial charge in [0.15, 0.2) is 17.3 Å². The Balaban J connectivity index is 1.49. The van der Waals surface area contributed by atoms with Gasteiger partial charge in [0.25, 0.3) is 0 Å². The van der Waals surface area contributed by atoms with E-state index < -0.39 is 11.6 Å². The highest BCUT2D eigenvalue weighted by Crippen LogP contribution is 2.34. The van der Waals surface area contributed by atoms with E-state index in [9.17, 15) is 14.4 Å². The summed E-state index contributed by atoms with van der Waals surface area (Å²) in [5.41, 5.74) is 1.57. The molecule has 1 N–H and O–H groups in total. The van der Waals surface area contributed by atoms with Crippen molar-refractivity contribution in [2.75, 3.05) is 32.8 Å². The molecule has 10 nitrogen and oxygen atoms in total. The molecule has 10 heteroatoms. The number of hydrogen-bond donors (Lipinski definition) is 1. The molecule has 0 radical (unpaired) electrons. The van der Waals surface area contributed by atoms with E-state index in [0.29, 0.717) is 60.0 Å². The first-order valence-corrected chi connectivity index (χ1v) is 11.9. The van der Waals surface area contributed by atoms with E-state index in [4.69, 9.17) is 18.9 Å². The van der Waals surface area contributed by atoms with Crippen LogP contribution in [0.4, 0.5) is 5.82 Å². The van der Waals surface area contributed by atoms with Crippen LogP contribution in [0.15, 0.2) is 66.3 Å². The number of ketones is 3. The summed E-state index contributed by atoms with van der Waals surface area (Å²) < 4.78 is 21.8. The van der Waals surface area contributed by atoms with E-state index in [0.717, 1.165) is 11.6 Å². The predicted octanol–water partition coefficient (Wildman–Crippen LogP) is 3.60. The van der Waals surface area contributed by atoms with Crippen LogP contribution in [-0.2, 0) is 25.5 Å². The van der Waals surface area contributed by atoms with Gasteiger partial charge >= 0.3 is 0 Å². The van der Waals surface area contributed by atoms with E-state index >= 15 is 0 Å². The molecule has 0 amide bonds. The van der Waals surface area contributed by atoms with Crippen molar-refractivity contribution in [1.29, 1.82) is 0 Å². The number of Topliss-reactive ketones (excluding diaryl/α,β-unsaturated/α-hetero) is 1. The molecule has 0 saturated carbocycles. The summed E-state index contributed by atoms with van der Waals surface area (Å²) in [6.45, 7) is 2.29. The quantitative estimate of drug-likeness (QED) is 0.281. The highest BCUT2D eigenvalue weighted by molar-refractivity contribution is 6.20. The minimum atomic E-state index is -0.475. The summed E-state index contributed by atoms with van der Waals surface area (Å²) in [6, 6.07) is 10.4. The van der Waals surface area contributed by atoms with Crippen LogP contribution in [0.2, 0.25) is 0 Å². The standard InChI is InChI=1S/C28H27N3O7/c1-17(32)4-5-18-6-8-19(9-7-18)38-25-15-23(33)22(13-24(25)34)31-28-20-12-26(36-3)27(37-11-10-35-2)14-21(20)29-16-30-28/h6-9,12-16H,4-5,10-11H2,1-3H3,(H,29,30,31). The predicted molar refractivity (Wildman–Crippen MR) is 139 cm³/mol. The van der Waals surface area contributed by atoms with Crippen LogP contribution in [0.1, 0.15) is 18.9 Å². The highest BCUT2D eigenvalue weighted by atomic mass is 16.5. The van der Waals surface area contributed by atoms with E-state index in [1.165, 1.54) is 19.5 Å². The SMILES string of the molecule is COCCOc1cc2ncnc(NC3=CC(=O)C(Oc4ccc(CCC(C)=O)cc4)=CC3=O)c2cc1OC. The molecule has 38 heavy (non-hydrogen) atoms. The molecule has 4 rings (SSSR count). The van der Waals surface area contributed by atoms with Crippen molar-refractivity contribution in [3.63, 3.8) is 0 Å².